The zero-order chi connectivity index (χ0) is 15.0. The number of halogens is 3. The van der Waals surface area contributed by atoms with Gasteiger partial charge in [-0.2, -0.15) is 0 Å². The highest BCUT2D eigenvalue weighted by Crippen LogP contribution is 2.37. The maximum absolute atomic E-state index is 12.7. The molecule has 0 unspecified atom stereocenters. The lowest BCUT2D eigenvalue weighted by molar-refractivity contribution is 0.103. The third-order valence-corrected chi connectivity index (χ3v) is 4.72. The summed E-state index contributed by atoms with van der Waals surface area (Å²) in [5, 5.41) is 0.356. The van der Waals surface area contributed by atoms with Crippen molar-refractivity contribution < 1.29 is 14.3 Å². The number of fused-ring (bicyclic) bond motifs is 1. The minimum atomic E-state index is -0.151. The van der Waals surface area contributed by atoms with Crippen molar-refractivity contribution in [2.45, 2.75) is 0 Å². The first-order valence-corrected chi connectivity index (χ1v) is 8.40. The van der Waals surface area contributed by atoms with Crippen molar-refractivity contribution in [1.82, 2.24) is 0 Å². The van der Waals surface area contributed by atoms with Crippen LogP contribution in [0.25, 0.3) is 0 Å². The quantitative estimate of drug-likeness (QED) is 0.463. The molecule has 3 rings (SSSR count). The van der Waals surface area contributed by atoms with Crippen LogP contribution in [-0.2, 0) is 0 Å². The molecule has 1 heterocycles. The van der Waals surface area contributed by atoms with E-state index in [2.05, 4.69) is 38.5 Å². The monoisotopic (exact) mass is 478 g/mol. The highest BCUT2D eigenvalue weighted by Gasteiger charge is 2.21. The van der Waals surface area contributed by atoms with E-state index in [1.54, 1.807) is 12.1 Å². The number of hydrogen-bond donors (Lipinski definition) is 0. The van der Waals surface area contributed by atoms with Crippen LogP contribution in [0.15, 0.2) is 34.8 Å². The molecule has 0 saturated heterocycles. The lowest BCUT2D eigenvalue weighted by Crippen LogP contribution is -2.16. The fraction of sp³-hybridized carbons (Fsp3) is 0.133. The van der Waals surface area contributed by atoms with Gasteiger partial charge in [0.15, 0.2) is 17.3 Å². The van der Waals surface area contributed by atoms with Crippen LogP contribution in [0.2, 0.25) is 5.02 Å². The van der Waals surface area contributed by atoms with Gasteiger partial charge in [-0.1, -0.05) is 27.5 Å². The van der Waals surface area contributed by atoms with E-state index in [4.69, 9.17) is 21.1 Å². The molecule has 2 aromatic rings. The minimum absolute atomic E-state index is 0.151. The van der Waals surface area contributed by atoms with Crippen LogP contribution >= 0.6 is 50.1 Å². The van der Waals surface area contributed by atoms with Crippen molar-refractivity contribution in [2.75, 3.05) is 13.2 Å². The SMILES string of the molecule is O=C(c1cc2c(cc1Cl)OCCO2)c1cc(I)ccc1Br. The Morgan fingerprint density at radius 2 is 1.76 bits per heavy atom. The summed E-state index contributed by atoms with van der Waals surface area (Å²) in [6.45, 7) is 0.953. The molecule has 3 nitrogen and oxygen atoms in total. The standard InChI is InChI=1S/C15H9BrClIO3/c16-11-2-1-8(18)5-9(11)15(19)10-6-13-14(7-12(10)17)21-4-3-20-13/h1-2,5-7H,3-4H2. The summed E-state index contributed by atoms with van der Waals surface area (Å²) in [5.74, 6) is 0.975. The number of ether oxygens (including phenoxy) is 2. The van der Waals surface area contributed by atoms with Crippen molar-refractivity contribution in [3.8, 4) is 11.5 Å². The van der Waals surface area contributed by atoms with E-state index in [0.29, 0.717) is 40.9 Å². The van der Waals surface area contributed by atoms with Gasteiger partial charge in [0.2, 0.25) is 0 Å². The van der Waals surface area contributed by atoms with Crippen molar-refractivity contribution in [2.24, 2.45) is 0 Å². The molecule has 1 aliphatic heterocycles. The molecule has 2 aromatic carbocycles. The summed E-state index contributed by atoms with van der Waals surface area (Å²) in [6, 6.07) is 8.87. The first-order valence-electron chi connectivity index (χ1n) is 6.15. The first-order chi connectivity index (χ1) is 10.1. The predicted octanol–water partition coefficient (Wildman–Crippen LogP) is 4.71. The number of hydrogen-bond acceptors (Lipinski definition) is 3. The van der Waals surface area contributed by atoms with E-state index in [1.165, 1.54) is 0 Å². The molecule has 0 aromatic heterocycles. The summed E-state index contributed by atoms with van der Waals surface area (Å²) in [6.07, 6.45) is 0. The fourth-order valence-electron chi connectivity index (χ4n) is 2.05. The Kier molecular flexibility index (Phi) is 4.42. The van der Waals surface area contributed by atoms with Crippen LogP contribution in [0.1, 0.15) is 15.9 Å². The van der Waals surface area contributed by atoms with Crippen LogP contribution in [-0.4, -0.2) is 19.0 Å². The first kappa shape index (κ1) is 15.1. The van der Waals surface area contributed by atoms with Gasteiger partial charge < -0.3 is 9.47 Å². The molecule has 0 N–H and O–H groups in total. The van der Waals surface area contributed by atoms with E-state index in [-0.39, 0.29) is 5.78 Å². The molecular weight excluding hydrogens is 470 g/mol. The van der Waals surface area contributed by atoms with Crippen LogP contribution in [0.4, 0.5) is 0 Å². The molecule has 0 atom stereocenters. The van der Waals surface area contributed by atoms with Gasteiger partial charge in [0.05, 0.1) is 5.02 Å². The van der Waals surface area contributed by atoms with Gasteiger partial charge in [-0.3, -0.25) is 4.79 Å². The van der Waals surface area contributed by atoms with Gasteiger partial charge in [-0.25, -0.2) is 0 Å². The van der Waals surface area contributed by atoms with E-state index in [9.17, 15) is 4.79 Å². The second kappa shape index (κ2) is 6.14. The lowest BCUT2D eigenvalue weighted by atomic mass is 10.0. The van der Waals surface area contributed by atoms with Gasteiger partial charge in [0, 0.05) is 25.2 Å². The zero-order valence-corrected chi connectivity index (χ0v) is 15.2. The molecule has 0 radical (unpaired) electrons. The van der Waals surface area contributed by atoms with E-state index < -0.39 is 0 Å². The third kappa shape index (κ3) is 3.05. The average Bonchev–Trinajstić information content (AvgIpc) is 2.48. The molecule has 0 amide bonds. The lowest BCUT2D eigenvalue weighted by Gasteiger charge is -2.19. The second-order valence-electron chi connectivity index (χ2n) is 4.43. The summed E-state index contributed by atoms with van der Waals surface area (Å²) >= 11 is 11.8. The van der Waals surface area contributed by atoms with Gasteiger partial charge >= 0.3 is 0 Å². The Hall–Kier alpha value is -0.790. The molecule has 1 aliphatic rings. The number of carbonyl (C=O) groups is 1. The molecule has 0 aliphatic carbocycles. The van der Waals surface area contributed by atoms with Gasteiger partial charge in [0.1, 0.15) is 13.2 Å². The van der Waals surface area contributed by atoms with Gasteiger partial charge in [0.25, 0.3) is 0 Å². The smallest absolute Gasteiger partial charge is 0.195 e. The Morgan fingerprint density at radius 1 is 1.10 bits per heavy atom. The Labute approximate surface area is 148 Å². The van der Waals surface area contributed by atoms with Crippen molar-refractivity contribution in [3.05, 3.63) is 54.5 Å². The Morgan fingerprint density at radius 3 is 2.48 bits per heavy atom. The van der Waals surface area contributed by atoms with Crippen LogP contribution in [0.3, 0.4) is 0 Å². The number of carbonyl (C=O) groups excluding carboxylic acids is 1. The van der Waals surface area contributed by atoms with Crippen molar-refractivity contribution in [3.63, 3.8) is 0 Å². The highest BCUT2D eigenvalue weighted by molar-refractivity contribution is 14.1. The molecule has 108 valence electrons. The van der Waals surface area contributed by atoms with E-state index in [1.807, 2.05) is 18.2 Å². The molecule has 0 fully saturated rings. The molecule has 0 saturated carbocycles. The highest BCUT2D eigenvalue weighted by atomic mass is 127. The molecule has 0 bridgehead atoms. The number of rotatable bonds is 2. The maximum atomic E-state index is 12.7. The van der Waals surface area contributed by atoms with Crippen molar-refractivity contribution in [1.29, 1.82) is 0 Å². The van der Waals surface area contributed by atoms with Crippen molar-refractivity contribution >= 4 is 55.9 Å². The summed E-state index contributed by atoms with van der Waals surface area (Å²) in [7, 11) is 0. The summed E-state index contributed by atoms with van der Waals surface area (Å²) in [4.78, 5) is 12.7. The number of benzene rings is 2. The summed E-state index contributed by atoms with van der Waals surface area (Å²) < 4.78 is 12.7. The summed E-state index contributed by atoms with van der Waals surface area (Å²) in [5.41, 5.74) is 0.976. The Bertz CT molecular complexity index is 733. The van der Waals surface area contributed by atoms with E-state index >= 15 is 0 Å². The molecule has 0 spiro atoms. The normalized spacial score (nSPS) is 13.1. The number of ketones is 1. The predicted molar refractivity (Wildman–Crippen MR) is 92.7 cm³/mol. The zero-order valence-electron chi connectivity index (χ0n) is 10.7. The van der Waals surface area contributed by atoms with E-state index in [0.717, 1.165) is 8.04 Å². The fourth-order valence-corrected chi connectivity index (χ4v) is 3.21. The average molecular weight is 479 g/mol. The Balaban J connectivity index is 2.07. The van der Waals surface area contributed by atoms with Crippen LogP contribution in [0, 0.1) is 3.57 Å². The minimum Gasteiger partial charge on any atom is -0.486 e. The maximum Gasteiger partial charge on any atom is 0.195 e. The van der Waals surface area contributed by atoms with Crippen LogP contribution in [0.5, 0.6) is 11.5 Å². The second-order valence-corrected chi connectivity index (χ2v) is 6.94. The van der Waals surface area contributed by atoms with Gasteiger partial charge in [-0.15, -0.1) is 0 Å². The largest absolute Gasteiger partial charge is 0.486 e. The molecule has 21 heavy (non-hydrogen) atoms. The third-order valence-electron chi connectivity index (χ3n) is 3.05. The topological polar surface area (TPSA) is 35.5 Å². The van der Waals surface area contributed by atoms with Gasteiger partial charge in [-0.05, 0) is 46.9 Å². The van der Waals surface area contributed by atoms with Crippen LogP contribution < -0.4 is 9.47 Å². The molecular formula is C15H9BrClIO3. The molecule has 6 heteroatoms.